The summed E-state index contributed by atoms with van der Waals surface area (Å²) in [6.07, 6.45) is 5.28. The van der Waals surface area contributed by atoms with Gasteiger partial charge in [0.25, 0.3) is 0 Å². The molecule has 0 saturated carbocycles. The molecule has 1 aromatic rings. The van der Waals surface area contributed by atoms with Gasteiger partial charge in [0.15, 0.2) is 0 Å². The number of nitrogens with one attached hydrogen (secondary N) is 1. The first-order chi connectivity index (χ1) is 9.84. The Bertz CT molecular complexity index is 438. The summed E-state index contributed by atoms with van der Waals surface area (Å²) in [5.41, 5.74) is 0. The van der Waals surface area contributed by atoms with Crippen LogP contribution in [0.1, 0.15) is 12.8 Å². The Morgan fingerprint density at radius 2 is 1.95 bits per heavy atom. The topological polar surface area (TPSA) is 61.4 Å². The normalized spacial score (nSPS) is 21.0. The quantitative estimate of drug-likeness (QED) is 0.831. The van der Waals surface area contributed by atoms with Crippen molar-refractivity contribution in [2.45, 2.75) is 12.8 Å². The van der Waals surface area contributed by atoms with Gasteiger partial charge in [-0.05, 0) is 32.0 Å². The molecule has 108 valence electrons. The number of aromatic nitrogens is 2. The van der Waals surface area contributed by atoms with Gasteiger partial charge in [-0.15, -0.1) is 0 Å². The average Bonchev–Trinajstić information content (AvgIpc) is 2.56. The van der Waals surface area contributed by atoms with Crippen molar-refractivity contribution in [3.05, 3.63) is 18.6 Å². The molecule has 0 unspecified atom stereocenters. The van der Waals surface area contributed by atoms with Gasteiger partial charge in [-0.1, -0.05) is 0 Å². The largest absolute Gasteiger partial charge is 0.353 e. The van der Waals surface area contributed by atoms with E-state index >= 15 is 0 Å². The fourth-order valence-corrected chi connectivity index (χ4v) is 2.95. The molecule has 3 rings (SSSR count). The van der Waals surface area contributed by atoms with E-state index in [0.717, 1.165) is 57.9 Å². The Morgan fingerprint density at radius 3 is 2.60 bits per heavy atom. The zero-order valence-corrected chi connectivity index (χ0v) is 11.7. The number of carbonyl (C=O) groups is 1. The lowest BCUT2D eigenvalue weighted by Gasteiger charge is -2.37. The molecule has 0 spiro atoms. The highest BCUT2D eigenvalue weighted by atomic mass is 16.2. The second-order valence-corrected chi connectivity index (χ2v) is 5.40. The van der Waals surface area contributed by atoms with Gasteiger partial charge in [0, 0.05) is 38.3 Å². The summed E-state index contributed by atoms with van der Waals surface area (Å²) in [7, 11) is 0. The van der Waals surface area contributed by atoms with Crippen molar-refractivity contribution in [2.24, 2.45) is 5.92 Å². The van der Waals surface area contributed by atoms with Crippen molar-refractivity contribution in [3.63, 3.8) is 0 Å². The molecule has 6 nitrogen and oxygen atoms in total. The van der Waals surface area contributed by atoms with Gasteiger partial charge >= 0.3 is 0 Å². The fraction of sp³-hybridized carbons (Fsp3) is 0.643. The molecule has 1 aromatic heterocycles. The van der Waals surface area contributed by atoms with Crippen LogP contribution in [0.4, 0.5) is 5.82 Å². The van der Waals surface area contributed by atoms with Crippen LogP contribution < -0.4 is 10.2 Å². The van der Waals surface area contributed by atoms with Gasteiger partial charge in [0.1, 0.15) is 12.1 Å². The van der Waals surface area contributed by atoms with E-state index in [4.69, 9.17) is 0 Å². The SMILES string of the molecule is O=C(C1CCNCC1)N1CCN(c2ccncn2)CC1. The number of rotatable bonds is 2. The summed E-state index contributed by atoms with van der Waals surface area (Å²) in [5, 5.41) is 3.31. The van der Waals surface area contributed by atoms with E-state index in [2.05, 4.69) is 20.2 Å². The number of piperazine rings is 1. The molecule has 2 aliphatic heterocycles. The monoisotopic (exact) mass is 275 g/mol. The standard InChI is InChI=1S/C14H21N5O/c20-14(12-1-4-15-5-2-12)19-9-7-18(8-10-19)13-3-6-16-11-17-13/h3,6,11-12,15H,1-2,4-5,7-10H2. The number of nitrogens with zero attached hydrogens (tertiary/aromatic N) is 4. The molecule has 20 heavy (non-hydrogen) atoms. The maximum atomic E-state index is 12.5. The van der Waals surface area contributed by atoms with Crippen LogP contribution in [-0.2, 0) is 4.79 Å². The molecule has 2 aliphatic rings. The Kier molecular flexibility index (Phi) is 4.11. The van der Waals surface area contributed by atoms with Gasteiger partial charge < -0.3 is 15.1 Å². The van der Waals surface area contributed by atoms with Crippen molar-refractivity contribution < 1.29 is 4.79 Å². The third-order valence-corrected chi connectivity index (χ3v) is 4.17. The molecule has 3 heterocycles. The molecular formula is C14H21N5O. The van der Waals surface area contributed by atoms with Crippen molar-refractivity contribution in [1.29, 1.82) is 0 Å². The van der Waals surface area contributed by atoms with Gasteiger partial charge in [-0.2, -0.15) is 0 Å². The predicted molar refractivity (Wildman–Crippen MR) is 76.4 cm³/mol. The van der Waals surface area contributed by atoms with Crippen LogP contribution in [-0.4, -0.2) is 60.0 Å². The minimum absolute atomic E-state index is 0.224. The van der Waals surface area contributed by atoms with E-state index < -0.39 is 0 Å². The lowest BCUT2D eigenvalue weighted by atomic mass is 9.96. The highest BCUT2D eigenvalue weighted by Crippen LogP contribution is 2.18. The van der Waals surface area contributed by atoms with Gasteiger partial charge in [-0.3, -0.25) is 4.79 Å². The molecule has 0 atom stereocenters. The van der Waals surface area contributed by atoms with Crippen LogP contribution in [0.3, 0.4) is 0 Å². The minimum atomic E-state index is 0.224. The molecule has 0 bridgehead atoms. The van der Waals surface area contributed by atoms with Gasteiger partial charge in [0.05, 0.1) is 0 Å². The zero-order valence-electron chi connectivity index (χ0n) is 11.7. The predicted octanol–water partition coefficient (Wildman–Crippen LogP) is 0.125. The molecule has 2 fully saturated rings. The smallest absolute Gasteiger partial charge is 0.225 e. The molecule has 0 aromatic carbocycles. The number of piperidine rings is 1. The zero-order chi connectivity index (χ0) is 13.8. The molecule has 0 aliphatic carbocycles. The number of hydrogen-bond acceptors (Lipinski definition) is 5. The third-order valence-electron chi connectivity index (χ3n) is 4.17. The number of hydrogen-bond donors (Lipinski definition) is 1. The van der Waals surface area contributed by atoms with Crippen molar-refractivity contribution >= 4 is 11.7 Å². The van der Waals surface area contributed by atoms with Crippen LogP contribution in [0.25, 0.3) is 0 Å². The van der Waals surface area contributed by atoms with E-state index in [1.807, 2.05) is 11.0 Å². The van der Waals surface area contributed by atoms with E-state index in [1.54, 1.807) is 12.5 Å². The molecule has 1 amide bonds. The number of carbonyl (C=O) groups excluding carboxylic acids is 1. The summed E-state index contributed by atoms with van der Waals surface area (Å²) in [5.74, 6) is 1.52. The second kappa shape index (κ2) is 6.17. The molecule has 1 N–H and O–H groups in total. The Labute approximate surface area is 119 Å². The fourth-order valence-electron chi connectivity index (χ4n) is 2.95. The van der Waals surface area contributed by atoms with E-state index in [9.17, 15) is 4.79 Å². The first-order valence-electron chi connectivity index (χ1n) is 7.35. The lowest BCUT2D eigenvalue weighted by Crippen LogP contribution is -2.51. The summed E-state index contributed by atoms with van der Waals surface area (Å²) in [6.45, 7) is 5.25. The average molecular weight is 275 g/mol. The molecule has 2 saturated heterocycles. The van der Waals surface area contributed by atoms with Crippen LogP contribution in [0.2, 0.25) is 0 Å². The van der Waals surface area contributed by atoms with E-state index in [0.29, 0.717) is 5.91 Å². The van der Waals surface area contributed by atoms with E-state index in [-0.39, 0.29) is 5.92 Å². The van der Waals surface area contributed by atoms with Crippen LogP contribution in [0.5, 0.6) is 0 Å². The summed E-state index contributed by atoms with van der Waals surface area (Å²) >= 11 is 0. The minimum Gasteiger partial charge on any atom is -0.353 e. The first-order valence-corrected chi connectivity index (χ1v) is 7.35. The van der Waals surface area contributed by atoms with Crippen LogP contribution in [0, 0.1) is 5.92 Å². The van der Waals surface area contributed by atoms with Gasteiger partial charge in [-0.25, -0.2) is 9.97 Å². The third kappa shape index (κ3) is 2.90. The van der Waals surface area contributed by atoms with Crippen LogP contribution >= 0.6 is 0 Å². The second-order valence-electron chi connectivity index (χ2n) is 5.40. The summed E-state index contributed by atoms with van der Waals surface area (Å²) in [6, 6.07) is 1.92. The highest BCUT2D eigenvalue weighted by Gasteiger charge is 2.28. The first kappa shape index (κ1) is 13.3. The lowest BCUT2D eigenvalue weighted by molar-refractivity contribution is -0.136. The van der Waals surface area contributed by atoms with Gasteiger partial charge in [0.2, 0.25) is 5.91 Å². The summed E-state index contributed by atoms with van der Waals surface area (Å²) < 4.78 is 0. The van der Waals surface area contributed by atoms with Crippen molar-refractivity contribution in [2.75, 3.05) is 44.2 Å². The maximum absolute atomic E-state index is 12.5. The van der Waals surface area contributed by atoms with Crippen LogP contribution in [0.15, 0.2) is 18.6 Å². The Balaban J connectivity index is 1.54. The Morgan fingerprint density at radius 1 is 1.20 bits per heavy atom. The van der Waals surface area contributed by atoms with Crippen molar-refractivity contribution in [1.82, 2.24) is 20.2 Å². The van der Waals surface area contributed by atoms with Crippen molar-refractivity contribution in [3.8, 4) is 0 Å². The summed E-state index contributed by atoms with van der Waals surface area (Å²) in [4.78, 5) is 24.9. The van der Waals surface area contributed by atoms with E-state index in [1.165, 1.54) is 0 Å². The number of anilines is 1. The highest BCUT2D eigenvalue weighted by molar-refractivity contribution is 5.79. The molecule has 6 heteroatoms. The molecule has 0 radical (unpaired) electrons. The Hall–Kier alpha value is -1.69. The maximum Gasteiger partial charge on any atom is 0.225 e. The number of amides is 1. The molecular weight excluding hydrogens is 254 g/mol.